The minimum absolute atomic E-state index is 0.0285. The Balaban J connectivity index is 1.56. The van der Waals surface area contributed by atoms with Crippen LogP contribution >= 0.6 is 0 Å². The fourth-order valence-corrected chi connectivity index (χ4v) is 2.69. The maximum atomic E-state index is 12.6. The van der Waals surface area contributed by atoms with E-state index in [4.69, 9.17) is 5.11 Å². The van der Waals surface area contributed by atoms with Crippen molar-refractivity contribution < 1.29 is 19.5 Å². The van der Waals surface area contributed by atoms with Gasteiger partial charge >= 0.3 is 5.97 Å². The molecule has 0 aliphatic carbocycles. The number of hydrogen-bond acceptors (Lipinski definition) is 6. The molecule has 10 heteroatoms. The number of aromatic carboxylic acids is 1. The third-order valence-electron chi connectivity index (χ3n) is 4.11. The summed E-state index contributed by atoms with van der Waals surface area (Å²) in [6, 6.07) is 14.5. The van der Waals surface area contributed by atoms with Crippen LogP contribution in [0.25, 0.3) is 5.82 Å². The quantitative estimate of drug-likeness (QED) is 0.522. The van der Waals surface area contributed by atoms with Gasteiger partial charge in [-0.05, 0) is 36.4 Å². The minimum atomic E-state index is -1.18. The SMILES string of the molecule is O=C(O)c1ccn(-c2ncccc2NC(=O)c2ccn(C(=O)c3ccccc3)n2)n1. The van der Waals surface area contributed by atoms with Gasteiger partial charge in [0.05, 0.1) is 5.69 Å². The summed E-state index contributed by atoms with van der Waals surface area (Å²) in [6.45, 7) is 0. The average molecular weight is 402 g/mol. The zero-order valence-electron chi connectivity index (χ0n) is 15.3. The molecule has 0 saturated carbocycles. The second-order valence-electron chi connectivity index (χ2n) is 6.10. The van der Waals surface area contributed by atoms with Gasteiger partial charge in [0.25, 0.3) is 11.8 Å². The van der Waals surface area contributed by atoms with Crippen LogP contribution in [-0.2, 0) is 0 Å². The summed E-state index contributed by atoms with van der Waals surface area (Å²) in [7, 11) is 0. The Kier molecular flexibility index (Phi) is 4.87. The normalized spacial score (nSPS) is 10.5. The van der Waals surface area contributed by atoms with Gasteiger partial charge < -0.3 is 10.4 Å². The molecule has 0 saturated heterocycles. The van der Waals surface area contributed by atoms with Crippen LogP contribution < -0.4 is 5.32 Å². The molecule has 148 valence electrons. The summed E-state index contributed by atoms with van der Waals surface area (Å²) in [4.78, 5) is 40.3. The van der Waals surface area contributed by atoms with Crippen LogP contribution in [-0.4, -0.2) is 47.4 Å². The predicted molar refractivity (Wildman–Crippen MR) is 105 cm³/mol. The van der Waals surface area contributed by atoms with Crippen molar-refractivity contribution in [3.8, 4) is 5.82 Å². The molecule has 3 aromatic heterocycles. The zero-order chi connectivity index (χ0) is 21.1. The van der Waals surface area contributed by atoms with E-state index >= 15 is 0 Å². The minimum Gasteiger partial charge on any atom is -0.476 e. The smallest absolute Gasteiger partial charge is 0.356 e. The number of hydrogen-bond donors (Lipinski definition) is 2. The Labute approximate surface area is 169 Å². The first-order valence-corrected chi connectivity index (χ1v) is 8.74. The number of anilines is 1. The number of carboxylic acids is 1. The van der Waals surface area contributed by atoms with Gasteiger partial charge in [-0.15, -0.1) is 0 Å². The highest BCUT2D eigenvalue weighted by Crippen LogP contribution is 2.18. The molecule has 0 atom stereocenters. The molecule has 0 spiro atoms. The number of carbonyl (C=O) groups excluding carboxylic acids is 2. The highest BCUT2D eigenvalue weighted by molar-refractivity contribution is 6.04. The Hall–Kier alpha value is -4.60. The molecule has 2 N–H and O–H groups in total. The van der Waals surface area contributed by atoms with Crippen molar-refractivity contribution in [1.29, 1.82) is 0 Å². The van der Waals surface area contributed by atoms with E-state index in [1.807, 2.05) is 0 Å². The number of carbonyl (C=O) groups is 3. The zero-order valence-corrected chi connectivity index (χ0v) is 15.3. The lowest BCUT2D eigenvalue weighted by Gasteiger charge is -2.09. The van der Waals surface area contributed by atoms with Crippen molar-refractivity contribution in [1.82, 2.24) is 24.5 Å². The van der Waals surface area contributed by atoms with Crippen LogP contribution in [0.4, 0.5) is 5.69 Å². The van der Waals surface area contributed by atoms with Gasteiger partial charge in [-0.2, -0.15) is 10.2 Å². The molecule has 0 radical (unpaired) electrons. The Morgan fingerprint density at radius 1 is 0.867 bits per heavy atom. The number of carboxylic acid groups (broad SMARTS) is 1. The summed E-state index contributed by atoms with van der Waals surface area (Å²) in [6.07, 6.45) is 4.32. The Bertz CT molecular complexity index is 1240. The Morgan fingerprint density at radius 3 is 2.37 bits per heavy atom. The fraction of sp³-hybridized carbons (Fsp3) is 0. The molecule has 0 aliphatic heterocycles. The van der Waals surface area contributed by atoms with E-state index in [1.165, 1.54) is 35.4 Å². The van der Waals surface area contributed by atoms with Crippen LogP contribution in [0.5, 0.6) is 0 Å². The van der Waals surface area contributed by atoms with Crippen molar-refractivity contribution in [2.45, 2.75) is 0 Å². The summed E-state index contributed by atoms with van der Waals surface area (Å²) < 4.78 is 2.33. The number of rotatable bonds is 5. The van der Waals surface area contributed by atoms with Gasteiger partial charge in [0.2, 0.25) is 0 Å². The lowest BCUT2D eigenvalue weighted by Crippen LogP contribution is -2.18. The van der Waals surface area contributed by atoms with E-state index < -0.39 is 11.9 Å². The van der Waals surface area contributed by atoms with Gasteiger partial charge in [-0.3, -0.25) is 9.59 Å². The topological polar surface area (TPSA) is 132 Å². The number of nitrogens with one attached hydrogen (secondary N) is 1. The average Bonchev–Trinajstić information content (AvgIpc) is 3.44. The number of pyridine rings is 1. The second kappa shape index (κ2) is 7.80. The van der Waals surface area contributed by atoms with E-state index in [0.717, 1.165) is 4.68 Å². The van der Waals surface area contributed by atoms with Crippen LogP contribution in [0.1, 0.15) is 31.3 Å². The molecule has 0 aliphatic rings. The first-order chi connectivity index (χ1) is 14.5. The fourth-order valence-electron chi connectivity index (χ4n) is 2.69. The van der Waals surface area contributed by atoms with Crippen LogP contribution in [0, 0.1) is 0 Å². The summed E-state index contributed by atoms with van der Waals surface area (Å²) in [5, 5.41) is 19.7. The van der Waals surface area contributed by atoms with Crippen LogP contribution in [0.2, 0.25) is 0 Å². The first-order valence-electron chi connectivity index (χ1n) is 8.74. The van der Waals surface area contributed by atoms with Gasteiger partial charge in [-0.25, -0.2) is 19.1 Å². The van der Waals surface area contributed by atoms with Crippen molar-refractivity contribution in [3.05, 3.63) is 90.1 Å². The van der Waals surface area contributed by atoms with Crippen LogP contribution in [0.15, 0.2) is 73.2 Å². The highest BCUT2D eigenvalue weighted by Gasteiger charge is 2.17. The van der Waals surface area contributed by atoms with E-state index in [1.54, 1.807) is 42.5 Å². The predicted octanol–water partition coefficient (Wildman–Crippen LogP) is 2.10. The largest absolute Gasteiger partial charge is 0.476 e. The van der Waals surface area contributed by atoms with E-state index in [-0.39, 0.29) is 23.1 Å². The van der Waals surface area contributed by atoms with Gasteiger partial charge in [0.1, 0.15) is 0 Å². The van der Waals surface area contributed by atoms with E-state index in [0.29, 0.717) is 11.3 Å². The number of nitrogens with zero attached hydrogens (tertiary/aromatic N) is 5. The van der Waals surface area contributed by atoms with Crippen molar-refractivity contribution in [3.63, 3.8) is 0 Å². The van der Waals surface area contributed by atoms with Crippen LogP contribution in [0.3, 0.4) is 0 Å². The van der Waals surface area contributed by atoms with Gasteiger partial charge in [0.15, 0.2) is 17.2 Å². The molecule has 4 aromatic rings. The van der Waals surface area contributed by atoms with Gasteiger partial charge in [0, 0.05) is 24.2 Å². The molecule has 0 unspecified atom stereocenters. The number of aromatic nitrogens is 5. The molecule has 0 fully saturated rings. The van der Waals surface area contributed by atoms with Crippen molar-refractivity contribution >= 4 is 23.5 Å². The number of amides is 1. The second-order valence-corrected chi connectivity index (χ2v) is 6.10. The molecular formula is C20H14N6O4. The summed E-state index contributed by atoms with van der Waals surface area (Å²) >= 11 is 0. The Morgan fingerprint density at radius 2 is 1.63 bits per heavy atom. The van der Waals surface area contributed by atoms with Gasteiger partial charge in [-0.1, -0.05) is 18.2 Å². The van der Waals surface area contributed by atoms with Crippen molar-refractivity contribution in [2.24, 2.45) is 0 Å². The lowest BCUT2D eigenvalue weighted by molar-refractivity contribution is 0.0689. The van der Waals surface area contributed by atoms with Crippen molar-refractivity contribution in [2.75, 3.05) is 5.32 Å². The lowest BCUT2D eigenvalue weighted by atomic mass is 10.2. The monoisotopic (exact) mass is 402 g/mol. The number of benzene rings is 1. The standard InChI is InChI=1S/C20H14N6O4/c27-18(15-8-12-26(23-15)19(28)13-5-2-1-3-6-13)22-14-7-4-10-21-17(14)25-11-9-16(24-25)20(29)30/h1-12H,(H,22,27)(H,29,30). The van der Waals surface area contributed by atoms with E-state index in [2.05, 4.69) is 20.5 Å². The molecule has 4 rings (SSSR count). The maximum absolute atomic E-state index is 12.6. The summed E-state index contributed by atoms with van der Waals surface area (Å²) in [5.41, 5.74) is 0.610. The molecule has 0 bridgehead atoms. The molecule has 3 heterocycles. The third-order valence-corrected chi connectivity index (χ3v) is 4.11. The molecule has 1 amide bonds. The maximum Gasteiger partial charge on any atom is 0.356 e. The van der Waals surface area contributed by atoms with E-state index in [9.17, 15) is 14.4 Å². The first kappa shape index (κ1) is 18.7. The molecule has 30 heavy (non-hydrogen) atoms. The summed E-state index contributed by atoms with van der Waals surface area (Å²) in [5.74, 6) is -1.87. The highest BCUT2D eigenvalue weighted by atomic mass is 16.4. The molecule has 10 nitrogen and oxygen atoms in total. The molecular weight excluding hydrogens is 388 g/mol. The third kappa shape index (κ3) is 3.69. The molecule has 1 aromatic carbocycles.